The normalized spacial score (nSPS) is 12.2. The standard InChI is InChI=1S/C11H15NOS/c1-3-12-11(14)10-7-5-4-6-9(10)8(2)13/h4-8,13H,3H2,1-2H3,(H,12,14). The topological polar surface area (TPSA) is 32.3 Å². The van der Waals surface area contributed by atoms with E-state index in [1.165, 1.54) is 0 Å². The van der Waals surface area contributed by atoms with Crippen molar-refractivity contribution in [2.24, 2.45) is 0 Å². The van der Waals surface area contributed by atoms with Crippen molar-refractivity contribution in [2.75, 3.05) is 6.54 Å². The second kappa shape index (κ2) is 5.08. The predicted octanol–water partition coefficient (Wildman–Crippen LogP) is 2.02. The first-order valence-corrected chi connectivity index (χ1v) is 5.12. The van der Waals surface area contributed by atoms with Crippen molar-refractivity contribution < 1.29 is 5.11 Å². The molecule has 0 fully saturated rings. The van der Waals surface area contributed by atoms with E-state index in [4.69, 9.17) is 12.2 Å². The highest BCUT2D eigenvalue weighted by molar-refractivity contribution is 7.80. The third kappa shape index (κ3) is 2.53. The summed E-state index contributed by atoms with van der Waals surface area (Å²) in [6.45, 7) is 4.54. The fraction of sp³-hybridized carbons (Fsp3) is 0.364. The van der Waals surface area contributed by atoms with Crippen LogP contribution in [0.15, 0.2) is 24.3 Å². The lowest BCUT2D eigenvalue weighted by Crippen LogP contribution is -2.23. The molecule has 0 saturated carbocycles. The molecule has 0 heterocycles. The molecule has 0 aliphatic carbocycles. The number of aliphatic hydroxyl groups excluding tert-OH is 1. The SMILES string of the molecule is CCNC(=S)c1ccccc1C(C)O. The van der Waals surface area contributed by atoms with Gasteiger partial charge in [-0.05, 0) is 19.4 Å². The number of thiocarbonyl (C=S) groups is 1. The van der Waals surface area contributed by atoms with Gasteiger partial charge in [0.15, 0.2) is 0 Å². The molecule has 2 nitrogen and oxygen atoms in total. The van der Waals surface area contributed by atoms with Crippen molar-refractivity contribution in [3.63, 3.8) is 0 Å². The van der Waals surface area contributed by atoms with Gasteiger partial charge in [0.25, 0.3) is 0 Å². The molecular formula is C11H15NOS. The molecule has 76 valence electrons. The molecule has 0 aliphatic rings. The lowest BCUT2D eigenvalue weighted by atomic mass is 10.0. The largest absolute Gasteiger partial charge is 0.389 e. The van der Waals surface area contributed by atoms with Gasteiger partial charge < -0.3 is 10.4 Å². The van der Waals surface area contributed by atoms with Gasteiger partial charge in [0, 0.05) is 12.1 Å². The Morgan fingerprint density at radius 1 is 1.50 bits per heavy atom. The number of hydrogen-bond acceptors (Lipinski definition) is 2. The summed E-state index contributed by atoms with van der Waals surface area (Å²) in [5.74, 6) is 0. The van der Waals surface area contributed by atoms with E-state index in [-0.39, 0.29) is 0 Å². The Morgan fingerprint density at radius 3 is 2.71 bits per heavy atom. The molecule has 1 aromatic carbocycles. The third-order valence-electron chi connectivity index (χ3n) is 1.99. The first-order valence-electron chi connectivity index (χ1n) is 4.72. The van der Waals surface area contributed by atoms with Crippen LogP contribution in [0.4, 0.5) is 0 Å². The van der Waals surface area contributed by atoms with Crippen molar-refractivity contribution in [3.8, 4) is 0 Å². The van der Waals surface area contributed by atoms with E-state index in [1.54, 1.807) is 6.92 Å². The van der Waals surface area contributed by atoms with Gasteiger partial charge in [-0.1, -0.05) is 36.5 Å². The van der Waals surface area contributed by atoms with Crippen LogP contribution in [-0.4, -0.2) is 16.6 Å². The number of benzene rings is 1. The fourth-order valence-corrected chi connectivity index (χ4v) is 1.65. The molecular weight excluding hydrogens is 194 g/mol. The van der Waals surface area contributed by atoms with Gasteiger partial charge in [0.1, 0.15) is 4.99 Å². The zero-order chi connectivity index (χ0) is 10.6. The monoisotopic (exact) mass is 209 g/mol. The van der Waals surface area contributed by atoms with Crippen LogP contribution in [0.25, 0.3) is 0 Å². The summed E-state index contributed by atoms with van der Waals surface area (Å²) in [5.41, 5.74) is 1.79. The van der Waals surface area contributed by atoms with E-state index in [0.717, 1.165) is 17.7 Å². The van der Waals surface area contributed by atoms with Crippen LogP contribution in [0.1, 0.15) is 31.1 Å². The lowest BCUT2D eigenvalue weighted by Gasteiger charge is -2.13. The van der Waals surface area contributed by atoms with Crippen LogP contribution in [0, 0.1) is 0 Å². The summed E-state index contributed by atoms with van der Waals surface area (Å²) in [6, 6.07) is 7.64. The van der Waals surface area contributed by atoms with Crippen molar-refractivity contribution >= 4 is 17.2 Å². The first-order chi connectivity index (χ1) is 6.66. The Labute approximate surface area is 90.0 Å². The van der Waals surface area contributed by atoms with Gasteiger partial charge in [-0.15, -0.1) is 0 Å². The Hall–Kier alpha value is -0.930. The Bertz CT molecular complexity index is 323. The highest BCUT2D eigenvalue weighted by Crippen LogP contribution is 2.17. The maximum absolute atomic E-state index is 9.53. The van der Waals surface area contributed by atoms with Gasteiger partial charge in [-0.25, -0.2) is 0 Å². The molecule has 0 spiro atoms. The highest BCUT2D eigenvalue weighted by atomic mass is 32.1. The smallest absolute Gasteiger partial charge is 0.106 e. The van der Waals surface area contributed by atoms with Crippen LogP contribution < -0.4 is 5.32 Å². The van der Waals surface area contributed by atoms with Crippen LogP contribution in [0.5, 0.6) is 0 Å². The number of rotatable bonds is 3. The molecule has 1 atom stereocenters. The molecule has 2 N–H and O–H groups in total. The van der Waals surface area contributed by atoms with E-state index >= 15 is 0 Å². The molecule has 1 aromatic rings. The van der Waals surface area contributed by atoms with Gasteiger partial charge in [0.05, 0.1) is 6.10 Å². The minimum atomic E-state index is -0.484. The number of nitrogens with one attached hydrogen (secondary N) is 1. The molecule has 3 heteroatoms. The van der Waals surface area contributed by atoms with Gasteiger partial charge in [-0.2, -0.15) is 0 Å². The maximum Gasteiger partial charge on any atom is 0.106 e. The van der Waals surface area contributed by atoms with E-state index in [9.17, 15) is 5.11 Å². The van der Waals surface area contributed by atoms with Crippen LogP contribution in [0.3, 0.4) is 0 Å². The van der Waals surface area contributed by atoms with Gasteiger partial charge in [-0.3, -0.25) is 0 Å². The molecule has 0 amide bonds. The Kier molecular flexibility index (Phi) is 4.04. The molecule has 1 unspecified atom stereocenters. The summed E-state index contributed by atoms with van der Waals surface area (Å²) in [6.07, 6.45) is -0.484. The summed E-state index contributed by atoms with van der Waals surface area (Å²) < 4.78 is 0. The number of hydrogen-bond donors (Lipinski definition) is 2. The quantitative estimate of drug-likeness (QED) is 0.747. The molecule has 1 rings (SSSR count). The van der Waals surface area contributed by atoms with E-state index in [2.05, 4.69) is 5.32 Å². The van der Waals surface area contributed by atoms with E-state index in [1.807, 2.05) is 31.2 Å². The van der Waals surface area contributed by atoms with Gasteiger partial charge in [0.2, 0.25) is 0 Å². The van der Waals surface area contributed by atoms with Crippen LogP contribution in [-0.2, 0) is 0 Å². The van der Waals surface area contributed by atoms with Gasteiger partial charge >= 0.3 is 0 Å². The van der Waals surface area contributed by atoms with Crippen molar-refractivity contribution in [1.82, 2.24) is 5.32 Å². The summed E-state index contributed by atoms with van der Waals surface area (Å²) in [4.78, 5) is 0.698. The molecule has 0 aliphatic heterocycles. The van der Waals surface area contributed by atoms with Crippen molar-refractivity contribution in [2.45, 2.75) is 20.0 Å². The summed E-state index contributed by atoms with van der Waals surface area (Å²) in [7, 11) is 0. The molecule has 0 bridgehead atoms. The van der Waals surface area contributed by atoms with Crippen molar-refractivity contribution in [1.29, 1.82) is 0 Å². The minimum absolute atomic E-state index is 0.484. The van der Waals surface area contributed by atoms with Crippen molar-refractivity contribution in [3.05, 3.63) is 35.4 Å². The molecule has 0 aromatic heterocycles. The molecule has 0 radical (unpaired) electrons. The number of aliphatic hydroxyl groups is 1. The maximum atomic E-state index is 9.53. The zero-order valence-corrected chi connectivity index (χ0v) is 9.27. The van der Waals surface area contributed by atoms with E-state index < -0.39 is 6.10 Å². The first kappa shape index (κ1) is 11.1. The second-order valence-corrected chi connectivity index (χ2v) is 3.53. The highest BCUT2D eigenvalue weighted by Gasteiger charge is 2.09. The van der Waals surface area contributed by atoms with Crippen LogP contribution >= 0.6 is 12.2 Å². The lowest BCUT2D eigenvalue weighted by molar-refractivity contribution is 0.199. The average molecular weight is 209 g/mol. The zero-order valence-electron chi connectivity index (χ0n) is 8.45. The molecule has 14 heavy (non-hydrogen) atoms. The predicted molar refractivity (Wildman–Crippen MR) is 62.5 cm³/mol. The third-order valence-corrected chi connectivity index (χ3v) is 2.36. The average Bonchev–Trinajstić information content (AvgIpc) is 2.18. The van der Waals surface area contributed by atoms with Crippen LogP contribution in [0.2, 0.25) is 0 Å². The van der Waals surface area contributed by atoms with E-state index in [0.29, 0.717) is 4.99 Å². The Balaban J connectivity index is 3.00. The fourth-order valence-electron chi connectivity index (χ4n) is 1.32. The molecule has 0 saturated heterocycles. The second-order valence-electron chi connectivity index (χ2n) is 3.12. The minimum Gasteiger partial charge on any atom is -0.389 e. The Morgan fingerprint density at radius 2 is 2.14 bits per heavy atom. The summed E-state index contributed by atoms with van der Waals surface area (Å²) in [5, 5.41) is 12.6. The summed E-state index contributed by atoms with van der Waals surface area (Å²) >= 11 is 5.20.